The molecule has 1 aliphatic heterocycles. The van der Waals surface area contributed by atoms with Gasteiger partial charge in [-0.15, -0.1) is 0 Å². The van der Waals surface area contributed by atoms with Crippen molar-refractivity contribution < 1.29 is 9.53 Å². The van der Waals surface area contributed by atoms with Crippen LogP contribution in [-0.4, -0.2) is 17.4 Å². The molecule has 4 heteroatoms. The largest absolute Gasteiger partial charge is 0.483 e. The molecule has 0 spiro atoms. The van der Waals surface area contributed by atoms with Crippen LogP contribution in [0.15, 0.2) is 71.4 Å². The van der Waals surface area contributed by atoms with Gasteiger partial charge in [0, 0.05) is 33.9 Å². The molecule has 0 aromatic heterocycles. The number of benzene rings is 2. The summed E-state index contributed by atoms with van der Waals surface area (Å²) in [6, 6.07) is 17.8. The molecule has 0 saturated carbocycles. The molecule has 0 fully saturated rings. The Labute approximate surface area is 158 Å². The van der Waals surface area contributed by atoms with Crippen LogP contribution >= 0.6 is 12.2 Å². The Morgan fingerprint density at radius 3 is 2.42 bits per heavy atom. The van der Waals surface area contributed by atoms with Gasteiger partial charge in [0.2, 0.25) is 0 Å². The average Bonchev–Trinajstić information content (AvgIpc) is 2.94. The van der Waals surface area contributed by atoms with Crippen LogP contribution in [0.3, 0.4) is 0 Å². The van der Waals surface area contributed by atoms with Crippen LogP contribution in [0.5, 0.6) is 0 Å². The van der Waals surface area contributed by atoms with E-state index in [1.165, 1.54) is 0 Å². The monoisotopic (exact) mass is 361 g/mol. The smallest absolute Gasteiger partial charge is 0.192 e. The highest BCUT2D eigenvalue weighted by atomic mass is 32.1. The minimum atomic E-state index is -0.230. The van der Waals surface area contributed by atoms with Crippen LogP contribution in [0.25, 0.3) is 5.70 Å². The first-order valence-electron chi connectivity index (χ1n) is 8.71. The fourth-order valence-corrected chi connectivity index (χ4v) is 4.18. The number of ketones is 1. The van der Waals surface area contributed by atoms with Gasteiger partial charge in [0.25, 0.3) is 0 Å². The average molecular weight is 361 g/mol. The molecule has 1 unspecified atom stereocenters. The lowest BCUT2D eigenvalue weighted by molar-refractivity contribution is 0.103. The first-order valence-corrected chi connectivity index (χ1v) is 9.12. The number of Topliss-reactive ketones (excluding diaryl/α,β-unsaturated/α-hetero) is 1. The summed E-state index contributed by atoms with van der Waals surface area (Å²) in [7, 11) is 0. The lowest BCUT2D eigenvalue weighted by Crippen LogP contribution is -2.28. The third kappa shape index (κ3) is 2.49. The van der Waals surface area contributed by atoms with Crippen molar-refractivity contribution in [1.29, 1.82) is 0 Å². The summed E-state index contributed by atoms with van der Waals surface area (Å²) < 4.78 is 5.66. The summed E-state index contributed by atoms with van der Waals surface area (Å²) >= 11 is 5.56. The normalized spacial score (nSPS) is 18.4. The quantitative estimate of drug-likeness (QED) is 0.810. The van der Waals surface area contributed by atoms with Gasteiger partial charge in [-0.2, -0.15) is 0 Å². The van der Waals surface area contributed by atoms with Gasteiger partial charge in [0.15, 0.2) is 10.8 Å². The summed E-state index contributed by atoms with van der Waals surface area (Å²) in [5.41, 5.74) is 6.17. The van der Waals surface area contributed by atoms with Gasteiger partial charge in [-0.1, -0.05) is 54.6 Å². The van der Waals surface area contributed by atoms with Crippen LogP contribution in [-0.2, 0) is 4.74 Å². The lowest BCUT2D eigenvalue weighted by atomic mass is 9.80. The summed E-state index contributed by atoms with van der Waals surface area (Å²) in [5, 5.41) is 3.87. The molecule has 1 aliphatic carbocycles. The Bertz CT molecular complexity index is 973. The molecule has 2 aromatic rings. The van der Waals surface area contributed by atoms with Crippen molar-refractivity contribution in [2.24, 2.45) is 0 Å². The van der Waals surface area contributed by atoms with Crippen molar-refractivity contribution in [3.8, 4) is 0 Å². The van der Waals surface area contributed by atoms with Crippen molar-refractivity contribution in [1.82, 2.24) is 5.32 Å². The Morgan fingerprint density at radius 2 is 1.73 bits per heavy atom. The Kier molecular flexibility index (Phi) is 4.21. The zero-order chi connectivity index (χ0) is 18.3. The number of nitrogens with one attached hydrogen (secondary N) is 1. The minimum Gasteiger partial charge on any atom is -0.483 e. The second-order valence-electron chi connectivity index (χ2n) is 6.39. The molecule has 0 bridgehead atoms. The SMILES string of the molecule is CCOC(=S)C1=C(C)NC2=C(C(=O)c3ccccc32)C1c1ccccc1. The van der Waals surface area contributed by atoms with E-state index in [4.69, 9.17) is 17.0 Å². The number of ether oxygens (including phenoxy) is 1. The van der Waals surface area contributed by atoms with Crippen LogP contribution in [0.2, 0.25) is 0 Å². The Balaban J connectivity index is 1.93. The molecule has 0 amide bonds. The van der Waals surface area contributed by atoms with Gasteiger partial charge in [-0.05, 0) is 31.6 Å². The first-order chi connectivity index (χ1) is 12.6. The molecule has 0 saturated heterocycles. The van der Waals surface area contributed by atoms with E-state index in [9.17, 15) is 4.79 Å². The molecule has 1 atom stereocenters. The Hall–Kier alpha value is -2.72. The van der Waals surface area contributed by atoms with Crippen LogP contribution < -0.4 is 5.32 Å². The van der Waals surface area contributed by atoms with Gasteiger partial charge in [0.1, 0.15) is 0 Å². The number of allylic oxidation sites excluding steroid dienone is 2. The topological polar surface area (TPSA) is 38.3 Å². The Morgan fingerprint density at radius 1 is 1.08 bits per heavy atom. The molecule has 130 valence electrons. The number of carbonyl (C=O) groups excluding carboxylic acids is 1. The van der Waals surface area contributed by atoms with E-state index < -0.39 is 0 Å². The molecule has 3 nitrogen and oxygen atoms in total. The molecule has 0 radical (unpaired) electrons. The zero-order valence-electron chi connectivity index (χ0n) is 14.7. The van der Waals surface area contributed by atoms with Gasteiger partial charge < -0.3 is 10.1 Å². The van der Waals surface area contributed by atoms with E-state index in [0.717, 1.165) is 39.2 Å². The number of fused-ring (bicyclic) bond motifs is 2. The van der Waals surface area contributed by atoms with Gasteiger partial charge in [0.05, 0.1) is 12.3 Å². The predicted octanol–water partition coefficient (Wildman–Crippen LogP) is 4.62. The molecule has 1 heterocycles. The van der Waals surface area contributed by atoms with Crippen molar-refractivity contribution in [3.63, 3.8) is 0 Å². The highest BCUT2D eigenvalue weighted by Gasteiger charge is 2.41. The molecule has 1 N–H and O–H groups in total. The fraction of sp³-hybridized carbons (Fsp3) is 0.182. The first kappa shape index (κ1) is 16.7. The van der Waals surface area contributed by atoms with Gasteiger partial charge in [-0.3, -0.25) is 4.79 Å². The number of dihydropyridines is 1. The zero-order valence-corrected chi connectivity index (χ0v) is 15.5. The van der Waals surface area contributed by atoms with Crippen molar-refractivity contribution in [3.05, 3.63) is 88.1 Å². The van der Waals surface area contributed by atoms with Gasteiger partial charge in [-0.25, -0.2) is 0 Å². The third-order valence-electron chi connectivity index (χ3n) is 4.88. The van der Waals surface area contributed by atoms with Crippen LogP contribution in [0, 0.1) is 0 Å². The van der Waals surface area contributed by atoms with Crippen LogP contribution in [0.1, 0.15) is 41.3 Å². The summed E-state index contributed by atoms with van der Waals surface area (Å²) in [4.78, 5) is 13.2. The molecule has 4 rings (SSSR count). The lowest BCUT2D eigenvalue weighted by Gasteiger charge is -2.30. The maximum atomic E-state index is 13.2. The number of hydrogen-bond acceptors (Lipinski definition) is 4. The minimum absolute atomic E-state index is 0.0567. The van der Waals surface area contributed by atoms with Crippen LogP contribution in [0.4, 0.5) is 0 Å². The van der Waals surface area contributed by atoms with Crippen molar-refractivity contribution >= 4 is 28.7 Å². The maximum Gasteiger partial charge on any atom is 0.192 e. The molecular formula is C22H19NO2S. The van der Waals surface area contributed by atoms with E-state index in [1.807, 2.05) is 68.4 Å². The van der Waals surface area contributed by atoms with Gasteiger partial charge >= 0.3 is 0 Å². The summed E-state index contributed by atoms with van der Waals surface area (Å²) in [6.45, 7) is 4.40. The van der Waals surface area contributed by atoms with E-state index in [1.54, 1.807) is 0 Å². The molecular weight excluding hydrogens is 342 g/mol. The third-order valence-corrected chi connectivity index (χ3v) is 5.21. The standard InChI is InChI=1S/C22H19NO2S/c1-3-25-22(26)17-13(2)23-20-15-11-7-8-12-16(15)21(24)19(20)18(17)14-9-5-4-6-10-14/h4-12,18,23H,3H2,1-2H3. The molecule has 2 aliphatic rings. The second-order valence-corrected chi connectivity index (χ2v) is 6.76. The van der Waals surface area contributed by atoms with Crippen molar-refractivity contribution in [2.75, 3.05) is 6.61 Å². The van der Waals surface area contributed by atoms with E-state index >= 15 is 0 Å². The van der Waals surface area contributed by atoms with E-state index in [-0.39, 0.29) is 11.7 Å². The fourth-order valence-electron chi connectivity index (χ4n) is 3.79. The number of rotatable bonds is 3. The highest BCUT2D eigenvalue weighted by Crippen LogP contribution is 2.46. The van der Waals surface area contributed by atoms with E-state index in [2.05, 4.69) is 5.32 Å². The summed E-state index contributed by atoms with van der Waals surface area (Å²) in [6.07, 6.45) is 0. The summed E-state index contributed by atoms with van der Waals surface area (Å²) in [5.74, 6) is -0.173. The van der Waals surface area contributed by atoms with E-state index in [0.29, 0.717) is 11.7 Å². The second kappa shape index (κ2) is 6.54. The number of carbonyl (C=O) groups is 1. The molecule has 2 aromatic carbocycles. The molecule has 26 heavy (non-hydrogen) atoms. The van der Waals surface area contributed by atoms with Crippen molar-refractivity contribution in [2.45, 2.75) is 19.8 Å². The number of thiocarbonyl (C=S) groups is 1. The maximum absolute atomic E-state index is 13.2. The highest BCUT2D eigenvalue weighted by molar-refractivity contribution is 7.80. The number of hydrogen-bond donors (Lipinski definition) is 1. The predicted molar refractivity (Wildman–Crippen MR) is 107 cm³/mol.